The predicted octanol–water partition coefficient (Wildman–Crippen LogP) is 1.79. The van der Waals surface area contributed by atoms with Gasteiger partial charge in [-0.25, -0.2) is 4.98 Å². The van der Waals surface area contributed by atoms with E-state index in [1.54, 1.807) is 24.9 Å². The minimum Gasteiger partial charge on any atom is -0.334 e. The molecule has 2 heterocycles. The summed E-state index contributed by atoms with van der Waals surface area (Å²) < 4.78 is 1.92. The molecule has 19 heavy (non-hydrogen) atoms. The second-order valence-corrected chi connectivity index (χ2v) is 4.36. The highest BCUT2D eigenvalue weighted by Crippen LogP contribution is 2.15. The first kappa shape index (κ1) is 11.5. The first-order valence-electron chi connectivity index (χ1n) is 5.93. The molecule has 0 aliphatic rings. The monoisotopic (exact) mass is 252 g/mol. The molecule has 0 spiro atoms. The first-order chi connectivity index (χ1) is 9.24. The van der Waals surface area contributed by atoms with Crippen LogP contribution in [0.3, 0.4) is 0 Å². The van der Waals surface area contributed by atoms with Crippen LogP contribution in [-0.4, -0.2) is 25.3 Å². The molecule has 5 heteroatoms. The van der Waals surface area contributed by atoms with Crippen molar-refractivity contribution >= 4 is 16.8 Å². The average Bonchev–Trinajstić information content (AvgIpc) is 2.81. The Hall–Kier alpha value is -2.56. The van der Waals surface area contributed by atoms with Crippen LogP contribution in [-0.2, 0) is 13.5 Å². The third-order valence-electron chi connectivity index (χ3n) is 3.01. The molecule has 5 nitrogen and oxygen atoms in total. The van der Waals surface area contributed by atoms with Crippen LogP contribution in [0, 0.1) is 0 Å². The number of Topliss-reactive ketones (excluding diaryl/α,β-unsaturated/α-hetero) is 1. The third-order valence-corrected chi connectivity index (χ3v) is 3.01. The molecule has 0 saturated heterocycles. The maximum atomic E-state index is 12.2. The summed E-state index contributed by atoms with van der Waals surface area (Å²) in [4.78, 5) is 24.5. The molecule has 2 aromatic heterocycles. The molecule has 0 amide bonds. The SMILES string of the molecule is Cn1cnc2cc(C(=O)Cc3cnccn3)ccc21. The Kier molecular flexibility index (Phi) is 2.79. The zero-order valence-corrected chi connectivity index (χ0v) is 10.4. The summed E-state index contributed by atoms with van der Waals surface area (Å²) in [5.74, 6) is 0.0213. The Balaban J connectivity index is 1.89. The molecule has 0 radical (unpaired) electrons. The lowest BCUT2D eigenvalue weighted by Gasteiger charge is -2.01. The molecular weight excluding hydrogens is 240 g/mol. The van der Waals surface area contributed by atoms with E-state index in [4.69, 9.17) is 0 Å². The molecule has 0 saturated carbocycles. The number of rotatable bonds is 3. The molecule has 0 fully saturated rings. The molecular formula is C14H12N4O. The van der Waals surface area contributed by atoms with Gasteiger partial charge in [0, 0.05) is 31.2 Å². The van der Waals surface area contributed by atoms with Gasteiger partial charge >= 0.3 is 0 Å². The number of hydrogen-bond donors (Lipinski definition) is 0. The number of benzene rings is 1. The van der Waals surface area contributed by atoms with Crippen molar-refractivity contribution in [2.45, 2.75) is 6.42 Å². The Morgan fingerprint density at radius 1 is 1.26 bits per heavy atom. The van der Waals surface area contributed by atoms with Crippen LogP contribution in [0.2, 0.25) is 0 Å². The Morgan fingerprint density at radius 2 is 2.16 bits per heavy atom. The molecule has 3 rings (SSSR count). The highest BCUT2D eigenvalue weighted by molar-refractivity contribution is 5.99. The zero-order chi connectivity index (χ0) is 13.2. The number of imidazole rings is 1. The van der Waals surface area contributed by atoms with Crippen molar-refractivity contribution in [3.8, 4) is 0 Å². The summed E-state index contributed by atoms with van der Waals surface area (Å²) >= 11 is 0. The van der Waals surface area contributed by atoms with Crippen LogP contribution >= 0.6 is 0 Å². The van der Waals surface area contributed by atoms with E-state index in [0.717, 1.165) is 11.0 Å². The van der Waals surface area contributed by atoms with Crippen LogP contribution in [0.15, 0.2) is 43.1 Å². The van der Waals surface area contributed by atoms with Crippen LogP contribution in [0.4, 0.5) is 0 Å². The smallest absolute Gasteiger partial charge is 0.168 e. The van der Waals surface area contributed by atoms with Gasteiger partial charge in [-0.2, -0.15) is 0 Å². The van der Waals surface area contributed by atoms with Crippen molar-refractivity contribution in [3.05, 3.63) is 54.4 Å². The molecule has 0 N–H and O–H groups in total. The lowest BCUT2D eigenvalue weighted by Crippen LogP contribution is -2.05. The van der Waals surface area contributed by atoms with Crippen molar-refractivity contribution in [1.29, 1.82) is 0 Å². The van der Waals surface area contributed by atoms with Crippen LogP contribution in [0.1, 0.15) is 16.1 Å². The topological polar surface area (TPSA) is 60.7 Å². The third kappa shape index (κ3) is 2.22. The van der Waals surface area contributed by atoms with E-state index < -0.39 is 0 Å². The fraction of sp³-hybridized carbons (Fsp3) is 0.143. The average molecular weight is 252 g/mol. The standard InChI is InChI=1S/C14H12N4O/c1-18-9-17-12-6-10(2-3-13(12)18)14(19)7-11-8-15-4-5-16-11/h2-6,8-9H,7H2,1H3. The number of aryl methyl sites for hydroxylation is 1. The highest BCUT2D eigenvalue weighted by Gasteiger charge is 2.10. The van der Waals surface area contributed by atoms with Crippen LogP contribution in [0.25, 0.3) is 11.0 Å². The number of aromatic nitrogens is 4. The van der Waals surface area contributed by atoms with E-state index in [9.17, 15) is 4.79 Å². The van der Waals surface area contributed by atoms with E-state index in [1.165, 1.54) is 0 Å². The van der Waals surface area contributed by atoms with Gasteiger partial charge in [-0.1, -0.05) is 0 Å². The molecule has 0 bridgehead atoms. The van der Waals surface area contributed by atoms with Gasteiger partial charge in [-0.3, -0.25) is 14.8 Å². The van der Waals surface area contributed by atoms with Gasteiger partial charge in [-0.15, -0.1) is 0 Å². The maximum Gasteiger partial charge on any atom is 0.168 e. The Labute approximate surface area is 110 Å². The molecule has 94 valence electrons. The molecule has 0 unspecified atom stereocenters. The fourth-order valence-corrected chi connectivity index (χ4v) is 2.00. The number of hydrogen-bond acceptors (Lipinski definition) is 4. The molecule has 3 aromatic rings. The molecule has 0 aliphatic carbocycles. The highest BCUT2D eigenvalue weighted by atomic mass is 16.1. The van der Waals surface area contributed by atoms with Crippen molar-refractivity contribution in [2.75, 3.05) is 0 Å². The van der Waals surface area contributed by atoms with Gasteiger partial charge in [0.25, 0.3) is 0 Å². The lowest BCUT2D eigenvalue weighted by atomic mass is 10.1. The van der Waals surface area contributed by atoms with E-state index in [1.807, 2.05) is 29.8 Å². The van der Waals surface area contributed by atoms with Crippen molar-refractivity contribution in [2.24, 2.45) is 7.05 Å². The Morgan fingerprint density at radius 3 is 2.95 bits per heavy atom. The van der Waals surface area contributed by atoms with Gasteiger partial charge in [0.1, 0.15) is 0 Å². The summed E-state index contributed by atoms with van der Waals surface area (Å²) in [6, 6.07) is 5.54. The predicted molar refractivity (Wildman–Crippen MR) is 70.8 cm³/mol. The van der Waals surface area contributed by atoms with Crippen molar-refractivity contribution in [1.82, 2.24) is 19.5 Å². The number of ketones is 1. The first-order valence-corrected chi connectivity index (χ1v) is 5.93. The second kappa shape index (κ2) is 4.61. The van der Waals surface area contributed by atoms with Crippen molar-refractivity contribution in [3.63, 3.8) is 0 Å². The lowest BCUT2D eigenvalue weighted by molar-refractivity contribution is 0.0992. The maximum absolute atomic E-state index is 12.2. The van der Waals surface area contributed by atoms with Gasteiger partial charge in [0.15, 0.2) is 5.78 Å². The Bertz CT molecular complexity index is 734. The van der Waals surface area contributed by atoms with E-state index in [0.29, 0.717) is 11.3 Å². The van der Waals surface area contributed by atoms with E-state index in [-0.39, 0.29) is 12.2 Å². The van der Waals surface area contributed by atoms with Crippen LogP contribution in [0.5, 0.6) is 0 Å². The number of carbonyl (C=O) groups excluding carboxylic acids is 1. The van der Waals surface area contributed by atoms with E-state index >= 15 is 0 Å². The minimum atomic E-state index is 0.0213. The molecule has 0 aliphatic heterocycles. The van der Waals surface area contributed by atoms with Gasteiger partial charge in [0.2, 0.25) is 0 Å². The van der Waals surface area contributed by atoms with E-state index in [2.05, 4.69) is 15.0 Å². The summed E-state index contributed by atoms with van der Waals surface area (Å²) in [6.45, 7) is 0. The summed E-state index contributed by atoms with van der Waals surface area (Å²) in [5.41, 5.74) is 3.16. The summed E-state index contributed by atoms with van der Waals surface area (Å²) in [6.07, 6.45) is 6.78. The van der Waals surface area contributed by atoms with Gasteiger partial charge < -0.3 is 4.57 Å². The summed E-state index contributed by atoms with van der Waals surface area (Å²) in [7, 11) is 1.93. The number of nitrogens with zero attached hydrogens (tertiary/aromatic N) is 4. The summed E-state index contributed by atoms with van der Waals surface area (Å²) in [5, 5.41) is 0. The molecule has 0 atom stereocenters. The fourth-order valence-electron chi connectivity index (χ4n) is 2.00. The van der Waals surface area contributed by atoms with Gasteiger partial charge in [-0.05, 0) is 18.2 Å². The second-order valence-electron chi connectivity index (χ2n) is 4.36. The largest absolute Gasteiger partial charge is 0.334 e. The van der Waals surface area contributed by atoms with Gasteiger partial charge in [0.05, 0.1) is 29.5 Å². The normalized spacial score (nSPS) is 10.8. The quantitative estimate of drug-likeness (QED) is 0.667. The minimum absolute atomic E-state index is 0.0213. The van der Waals surface area contributed by atoms with Crippen molar-refractivity contribution < 1.29 is 4.79 Å². The number of fused-ring (bicyclic) bond motifs is 1. The zero-order valence-electron chi connectivity index (χ0n) is 10.4. The molecule has 1 aromatic carbocycles. The van der Waals surface area contributed by atoms with Crippen LogP contribution < -0.4 is 0 Å². The number of carbonyl (C=O) groups is 1.